The Hall–Kier alpha value is -1.68. The van der Waals surface area contributed by atoms with Gasteiger partial charge >= 0.3 is 0 Å². The minimum absolute atomic E-state index is 0.178. The van der Waals surface area contributed by atoms with E-state index >= 15 is 0 Å². The van der Waals surface area contributed by atoms with E-state index in [0.29, 0.717) is 12.1 Å². The van der Waals surface area contributed by atoms with Gasteiger partial charge in [0.15, 0.2) is 0 Å². The molecule has 0 aliphatic carbocycles. The fourth-order valence-corrected chi connectivity index (χ4v) is 2.31. The summed E-state index contributed by atoms with van der Waals surface area (Å²) in [5.41, 5.74) is 2.58. The maximum absolute atomic E-state index is 13.6. The van der Waals surface area contributed by atoms with Crippen LogP contribution in [0.2, 0.25) is 0 Å². The summed E-state index contributed by atoms with van der Waals surface area (Å²) in [5.74, 6) is -0.178. The smallest absolute Gasteiger partial charge is 0.128 e. The van der Waals surface area contributed by atoms with Crippen molar-refractivity contribution < 1.29 is 4.39 Å². The van der Waals surface area contributed by atoms with Crippen LogP contribution in [0.1, 0.15) is 5.56 Å². The van der Waals surface area contributed by atoms with E-state index in [-0.39, 0.29) is 5.82 Å². The highest BCUT2D eigenvalue weighted by Crippen LogP contribution is 2.20. The lowest BCUT2D eigenvalue weighted by molar-refractivity contribution is 0.602. The summed E-state index contributed by atoms with van der Waals surface area (Å²) in [7, 11) is 0. The van der Waals surface area contributed by atoms with Crippen molar-refractivity contribution in [2.75, 3.05) is 0 Å². The topological polar surface area (TPSA) is 17.8 Å². The zero-order chi connectivity index (χ0) is 12.5. The average Bonchev–Trinajstić information content (AvgIpc) is 2.75. The van der Waals surface area contributed by atoms with Gasteiger partial charge in [0.25, 0.3) is 0 Å². The van der Waals surface area contributed by atoms with Gasteiger partial charge in [-0.05, 0) is 34.1 Å². The van der Waals surface area contributed by atoms with Crippen LogP contribution in [0, 0.1) is 5.82 Å². The molecule has 2 aromatic heterocycles. The predicted molar refractivity (Wildman–Crippen MR) is 72.9 cm³/mol. The molecule has 0 aliphatic heterocycles. The second-order valence-corrected chi connectivity index (χ2v) is 5.01. The fraction of sp³-hybridized carbons (Fsp3) is 0.0714. The van der Waals surface area contributed by atoms with Crippen LogP contribution in [-0.2, 0) is 6.54 Å². The number of aromatic nitrogens is 2. The Labute approximate surface area is 112 Å². The average molecular weight is 305 g/mol. The predicted octanol–water partition coefficient (Wildman–Crippen LogP) is 3.99. The Morgan fingerprint density at radius 1 is 1.22 bits per heavy atom. The molecule has 3 aromatic rings. The Morgan fingerprint density at radius 3 is 2.89 bits per heavy atom. The highest BCUT2D eigenvalue weighted by Gasteiger charge is 2.06. The molecule has 0 unspecified atom stereocenters. The summed E-state index contributed by atoms with van der Waals surface area (Å²) < 4.78 is 16.5. The van der Waals surface area contributed by atoms with Crippen LogP contribution in [0.15, 0.2) is 53.3 Å². The van der Waals surface area contributed by atoms with E-state index in [1.807, 2.05) is 29.0 Å². The van der Waals surface area contributed by atoms with Crippen LogP contribution in [0.25, 0.3) is 11.0 Å². The zero-order valence-electron chi connectivity index (χ0n) is 9.48. The van der Waals surface area contributed by atoms with Crippen molar-refractivity contribution in [1.82, 2.24) is 9.55 Å². The van der Waals surface area contributed by atoms with Gasteiger partial charge in [-0.2, -0.15) is 0 Å². The molecule has 90 valence electrons. The number of hydrogen-bond donors (Lipinski definition) is 0. The van der Waals surface area contributed by atoms with Gasteiger partial charge in [0.05, 0.1) is 17.6 Å². The highest BCUT2D eigenvalue weighted by atomic mass is 79.9. The minimum atomic E-state index is -0.178. The molecule has 0 saturated heterocycles. The first-order valence-corrected chi connectivity index (χ1v) is 6.37. The second kappa shape index (κ2) is 4.53. The SMILES string of the molecule is Fc1ccccc1Cn1ccc2ncc(Br)cc21. The third-order valence-corrected chi connectivity index (χ3v) is 3.32. The maximum Gasteiger partial charge on any atom is 0.128 e. The first-order valence-electron chi connectivity index (χ1n) is 5.58. The lowest BCUT2D eigenvalue weighted by atomic mass is 10.2. The molecular formula is C14H10BrFN2. The molecule has 0 aliphatic rings. The van der Waals surface area contributed by atoms with E-state index in [2.05, 4.69) is 20.9 Å². The van der Waals surface area contributed by atoms with E-state index < -0.39 is 0 Å². The molecule has 0 amide bonds. The Morgan fingerprint density at radius 2 is 2.06 bits per heavy atom. The largest absolute Gasteiger partial charge is 0.342 e. The van der Waals surface area contributed by atoms with Crippen LogP contribution in [0.4, 0.5) is 4.39 Å². The fourth-order valence-electron chi connectivity index (χ4n) is 1.99. The Kier molecular flexibility index (Phi) is 2.88. The molecule has 18 heavy (non-hydrogen) atoms. The lowest BCUT2D eigenvalue weighted by Crippen LogP contribution is -2.00. The van der Waals surface area contributed by atoms with E-state index in [9.17, 15) is 4.39 Å². The molecule has 0 bridgehead atoms. The van der Waals surface area contributed by atoms with Gasteiger partial charge in [0.1, 0.15) is 5.82 Å². The number of benzene rings is 1. The summed E-state index contributed by atoms with van der Waals surface area (Å²) in [6, 6.07) is 10.7. The van der Waals surface area contributed by atoms with Gasteiger partial charge in [0.2, 0.25) is 0 Å². The molecule has 2 nitrogen and oxygen atoms in total. The Balaban J connectivity index is 2.05. The van der Waals surface area contributed by atoms with Gasteiger partial charge in [-0.3, -0.25) is 4.98 Å². The molecule has 2 heterocycles. The van der Waals surface area contributed by atoms with Crippen molar-refractivity contribution in [2.24, 2.45) is 0 Å². The van der Waals surface area contributed by atoms with E-state index in [1.54, 1.807) is 18.3 Å². The van der Waals surface area contributed by atoms with Crippen molar-refractivity contribution in [2.45, 2.75) is 6.54 Å². The summed E-state index contributed by atoms with van der Waals surface area (Å²) in [6.07, 6.45) is 3.69. The number of nitrogens with zero attached hydrogens (tertiary/aromatic N) is 2. The van der Waals surface area contributed by atoms with Gasteiger partial charge in [0, 0.05) is 22.4 Å². The zero-order valence-corrected chi connectivity index (χ0v) is 11.1. The highest BCUT2D eigenvalue weighted by molar-refractivity contribution is 9.10. The van der Waals surface area contributed by atoms with Crippen LogP contribution >= 0.6 is 15.9 Å². The van der Waals surface area contributed by atoms with Crippen LogP contribution < -0.4 is 0 Å². The third kappa shape index (κ3) is 2.04. The maximum atomic E-state index is 13.6. The summed E-state index contributed by atoms with van der Waals surface area (Å²) in [6.45, 7) is 0.508. The molecule has 1 aromatic carbocycles. The van der Waals surface area contributed by atoms with Gasteiger partial charge in [-0.15, -0.1) is 0 Å². The van der Waals surface area contributed by atoms with E-state index in [1.165, 1.54) is 6.07 Å². The number of halogens is 2. The first kappa shape index (κ1) is 11.4. The number of rotatable bonds is 2. The third-order valence-electron chi connectivity index (χ3n) is 2.88. The summed E-state index contributed by atoms with van der Waals surface area (Å²) in [5, 5.41) is 0. The molecule has 3 rings (SSSR count). The van der Waals surface area contributed by atoms with Crippen molar-refractivity contribution in [3.8, 4) is 0 Å². The number of hydrogen-bond acceptors (Lipinski definition) is 1. The molecule has 0 radical (unpaired) electrons. The monoisotopic (exact) mass is 304 g/mol. The minimum Gasteiger partial charge on any atom is -0.342 e. The van der Waals surface area contributed by atoms with E-state index in [0.717, 1.165) is 15.5 Å². The van der Waals surface area contributed by atoms with Crippen LogP contribution in [0.5, 0.6) is 0 Å². The first-order chi connectivity index (χ1) is 8.74. The van der Waals surface area contributed by atoms with Crippen molar-refractivity contribution in [3.05, 3.63) is 64.6 Å². The molecule has 0 atom stereocenters. The molecule has 0 fully saturated rings. The second-order valence-electron chi connectivity index (χ2n) is 4.09. The lowest BCUT2D eigenvalue weighted by Gasteiger charge is -2.06. The standard InChI is InChI=1S/C14H10BrFN2/c15-11-7-14-13(17-8-11)5-6-18(14)9-10-3-1-2-4-12(10)16/h1-8H,9H2. The van der Waals surface area contributed by atoms with Gasteiger partial charge in [-0.1, -0.05) is 18.2 Å². The number of fused-ring (bicyclic) bond motifs is 1. The molecule has 0 saturated carbocycles. The van der Waals surface area contributed by atoms with Crippen molar-refractivity contribution >= 4 is 27.0 Å². The molecule has 0 spiro atoms. The summed E-state index contributed by atoms with van der Waals surface area (Å²) >= 11 is 3.40. The quantitative estimate of drug-likeness (QED) is 0.700. The normalized spacial score (nSPS) is 11.0. The molecule has 0 N–H and O–H groups in total. The number of pyridine rings is 1. The molecular weight excluding hydrogens is 295 g/mol. The van der Waals surface area contributed by atoms with Crippen molar-refractivity contribution in [3.63, 3.8) is 0 Å². The van der Waals surface area contributed by atoms with Gasteiger partial charge < -0.3 is 4.57 Å². The molecule has 4 heteroatoms. The van der Waals surface area contributed by atoms with Crippen molar-refractivity contribution in [1.29, 1.82) is 0 Å². The van der Waals surface area contributed by atoms with Crippen LogP contribution in [0.3, 0.4) is 0 Å². The Bertz CT molecular complexity index is 706. The summed E-state index contributed by atoms with van der Waals surface area (Å²) in [4.78, 5) is 4.30. The van der Waals surface area contributed by atoms with Gasteiger partial charge in [-0.25, -0.2) is 4.39 Å². The van der Waals surface area contributed by atoms with E-state index in [4.69, 9.17) is 0 Å². The van der Waals surface area contributed by atoms with Crippen LogP contribution in [-0.4, -0.2) is 9.55 Å².